The summed E-state index contributed by atoms with van der Waals surface area (Å²) in [5, 5.41) is 2.50. The van der Waals surface area contributed by atoms with Gasteiger partial charge in [0.15, 0.2) is 0 Å². The predicted molar refractivity (Wildman–Crippen MR) is 91.4 cm³/mol. The van der Waals surface area contributed by atoms with Crippen molar-refractivity contribution < 1.29 is 26.7 Å². The Balaban J connectivity index is 1.66. The Morgan fingerprint density at radius 1 is 1.19 bits per heavy atom. The maximum atomic E-state index is 13.6. The van der Waals surface area contributed by atoms with E-state index in [2.05, 4.69) is 5.32 Å². The molecule has 6 nitrogen and oxygen atoms in total. The Labute approximate surface area is 153 Å². The van der Waals surface area contributed by atoms with Gasteiger partial charge >= 0.3 is 0 Å². The molecule has 2 aromatic rings. The van der Waals surface area contributed by atoms with Crippen LogP contribution in [0.25, 0.3) is 0 Å². The van der Waals surface area contributed by atoms with Crippen molar-refractivity contribution >= 4 is 27.3 Å². The normalized spacial score (nSPS) is 15.8. The molecule has 1 amide bonds. The molecule has 1 aliphatic rings. The predicted octanol–water partition coefficient (Wildman–Crippen LogP) is 1.98. The monoisotopic (exact) mass is 402 g/mol. The van der Waals surface area contributed by atoms with E-state index in [1.807, 2.05) is 0 Å². The minimum Gasteiger partial charge on any atom is -0.379 e. The van der Waals surface area contributed by atoms with Crippen LogP contribution in [0.4, 0.5) is 8.78 Å². The lowest BCUT2D eigenvalue weighted by Crippen LogP contribution is -2.40. The third kappa shape index (κ3) is 4.09. The lowest BCUT2D eigenvalue weighted by molar-refractivity contribution is 0.0731. The largest absolute Gasteiger partial charge is 0.379 e. The van der Waals surface area contributed by atoms with Crippen LogP contribution in [0.2, 0.25) is 0 Å². The molecule has 1 aliphatic heterocycles. The number of morpholine rings is 1. The van der Waals surface area contributed by atoms with E-state index in [0.29, 0.717) is 37.2 Å². The number of ether oxygens (including phenoxy) is 1. The molecule has 0 radical (unpaired) electrons. The number of sulfonamides is 1. The number of amides is 1. The van der Waals surface area contributed by atoms with Gasteiger partial charge in [-0.05, 0) is 24.3 Å². The van der Waals surface area contributed by atoms with Gasteiger partial charge in [0.1, 0.15) is 15.8 Å². The van der Waals surface area contributed by atoms with Gasteiger partial charge in [-0.1, -0.05) is 0 Å². The van der Waals surface area contributed by atoms with E-state index in [9.17, 15) is 22.0 Å². The molecule has 2 heterocycles. The van der Waals surface area contributed by atoms with Gasteiger partial charge in [0.25, 0.3) is 15.9 Å². The number of rotatable bonds is 5. The molecule has 1 N–H and O–H groups in total. The van der Waals surface area contributed by atoms with Crippen LogP contribution in [0.1, 0.15) is 15.2 Å². The average molecular weight is 402 g/mol. The summed E-state index contributed by atoms with van der Waals surface area (Å²) < 4.78 is 58.3. The fraction of sp³-hybridized carbons (Fsp3) is 0.312. The summed E-state index contributed by atoms with van der Waals surface area (Å²) in [6, 6.07) is 5.76. The highest BCUT2D eigenvalue weighted by Gasteiger charge is 2.27. The van der Waals surface area contributed by atoms with Crippen molar-refractivity contribution in [3.8, 4) is 0 Å². The van der Waals surface area contributed by atoms with E-state index >= 15 is 0 Å². The van der Waals surface area contributed by atoms with Gasteiger partial charge in [-0.3, -0.25) is 4.79 Å². The first-order valence-electron chi connectivity index (χ1n) is 7.78. The van der Waals surface area contributed by atoms with Gasteiger partial charge in [0.2, 0.25) is 0 Å². The molecule has 10 heteroatoms. The molecule has 0 saturated carbocycles. The molecule has 1 saturated heterocycles. The number of hydrogen-bond acceptors (Lipinski definition) is 5. The summed E-state index contributed by atoms with van der Waals surface area (Å²) in [5.41, 5.74) is -0.274. The van der Waals surface area contributed by atoms with Crippen molar-refractivity contribution in [1.82, 2.24) is 9.62 Å². The van der Waals surface area contributed by atoms with E-state index in [4.69, 9.17) is 4.74 Å². The number of halogens is 2. The second-order valence-corrected chi connectivity index (χ2v) is 8.88. The van der Waals surface area contributed by atoms with Crippen molar-refractivity contribution in [2.45, 2.75) is 10.8 Å². The van der Waals surface area contributed by atoms with E-state index in [1.54, 1.807) is 6.07 Å². The van der Waals surface area contributed by atoms with Crippen molar-refractivity contribution in [1.29, 1.82) is 0 Å². The zero-order valence-corrected chi connectivity index (χ0v) is 15.2. The molecule has 0 spiro atoms. The smallest absolute Gasteiger partial charge is 0.254 e. The molecule has 1 aromatic carbocycles. The summed E-state index contributed by atoms with van der Waals surface area (Å²) in [4.78, 5) is 12.6. The molecule has 0 atom stereocenters. The van der Waals surface area contributed by atoms with Crippen LogP contribution in [0.5, 0.6) is 0 Å². The van der Waals surface area contributed by atoms with E-state index in [0.717, 1.165) is 23.5 Å². The Kier molecular flexibility index (Phi) is 5.66. The summed E-state index contributed by atoms with van der Waals surface area (Å²) in [6.07, 6.45) is 0. The first-order valence-corrected chi connectivity index (χ1v) is 10.0. The van der Waals surface area contributed by atoms with Crippen LogP contribution < -0.4 is 5.32 Å². The second-order valence-electron chi connectivity index (χ2n) is 5.54. The highest BCUT2D eigenvalue weighted by atomic mass is 32.2. The molecule has 3 rings (SSSR count). The standard InChI is InChI=1S/C16H16F2N2O4S2/c17-11-1-3-13(14(18)9-11)16(21)19-10-12-2-4-15(25-12)26(22,23)20-5-7-24-8-6-20/h1-4,9H,5-8,10H2,(H,19,21). The second kappa shape index (κ2) is 7.78. The minimum absolute atomic E-state index is 0.0406. The molecule has 0 unspecified atom stereocenters. The maximum Gasteiger partial charge on any atom is 0.254 e. The van der Waals surface area contributed by atoms with Gasteiger partial charge < -0.3 is 10.1 Å². The molecule has 1 aromatic heterocycles. The van der Waals surface area contributed by atoms with Crippen molar-refractivity contribution in [3.05, 3.63) is 52.4 Å². The lowest BCUT2D eigenvalue weighted by Gasteiger charge is -2.25. The van der Waals surface area contributed by atoms with Gasteiger partial charge in [0.05, 0.1) is 25.3 Å². The highest BCUT2D eigenvalue weighted by Crippen LogP contribution is 2.25. The topological polar surface area (TPSA) is 75.7 Å². The van der Waals surface area contributed by atoms with Gasteiger partial charge in [-0.15, -0.1) is 11.3 Å². The third-order valence-corrected chi connectivity index (χ3v) is 7.25. The van der Waals surface area contributed by atoms with E-state index in [-0.39, 0.29) is 16.3 Å². The number of thiophene rings is 1. The van der Waals surface area contributed by atoms with Crippen molar-refractivity contribution in [2.75, 3.05) is 26.3 Å². The molecule has 0 aliphatic carbocycles. The number of nitrogens with one attached hydrogen (secondary N) is 1. The summed E-state index contributed by atoms with van der Waals surface area (Å²) >= 11 is 1.04. The zero-order chi connectivity index (χ0) is 18.7. The van der Waals surface area contributed by atoms with Gasteiger partial charge in [0, 0.05) is 24.0 Å². The highest BCUT2D eigenvalue weighted by molar-refractivity contribution is 7.91. The quantitative estimate of drug-likeness (QED) is 0.830. The van der Waals surface area contributed by atoms with E-state index in [1.165, 1.54) is 10.4 Å². The molecule has 26 heavy (non-hydrogen) atoms. The Hall–Kier alpha value is -1.88. The maximum absolute atomic E-state index is 13.6. The van der Waals surface area contributed by atoms with E-state index < -0.39 is 27.6 Å². The lowest BCUT2D eigenvalue weighted by atomic mass is 10.2. The van der Waals surface area contributed by atoms with Crippen LogP contribution in [0, 0.1) is 11.6 Å². The summed E-state index contributed by atoms with van der Waals surface area (Å²) in [7, 11) is -3.59. The van der Waals surface area contributed by atoms with Crippen LogP contribution in [0.3, 0.4) is 0 Å². The molecule has 1 fully saturated rings. The average Bonchev–Trinajstić information content (AvgIpc) is 3.10. The van der Waals surface area contributed by atoms with Crippen molar-refractivity contribution in [2.24, 2.45) is 0 Å². The first-order chi connectivity index (χ1) is 12.4. The Morgan fingerprint density at radius 3 is 2.62 bits per heavy atom. The SMILES string of the molecule is O=C(NCc1ccc(S(=O)(=O)N2CCOCC2)s1)c1ccc(F)cc1F. The summed E-state index contributed by atoms with van der Waals surface area (Å²) in [6.45, 7) is 1.36. The fourth-order valence-corrected chi connectivity index (χ4v) is 5.30. The number of benzene rings is 1. The van der Waals surface area contributed by atoms with Crippen LogP contribution in [-0.2, 0) is 21.3 Å². The first kappa shape index (κ1) is 18.9. The number of carbonyl (C=O) groups is 1. The van der Waals surface area contributed by atoms with Crippen LogP contribution in [-0.4, -0.2) is 44.9 Å². The molecule has 0 bridgehead atoms. The van der Waals surface area contributed by atoms with Crippen LogP contribution in [0.15, 0.2) is 34.5 Å². The molecular weight excluding hydrogens is 386 g/mol. The number of carbonyl (C=O) groups excluding carboxylic acids is 1. The zero-order valence-electron chi connectivity index (χ0n) is 13.6. The molecular formula is C16H16F2N2O4S2. The number of hydrogen-bond donors (Lipinski definition) is 1. The fourth-order valence-electron chi connectivity index (χ4n) is 2.44. The minimum atomic E-state index is -3.59. The number of nitrogens with zero attached hydrogens (tertiary/aromatic N) is 1. The van der Waals surface area contributed by atoms with Crippen LogP contribution >= 0.6 is 11.3 Å². The van der Waals surface area contributed by atoms with Gasteiger partial charge in [-0.25, -0.2) is 17.2 Å². The third-order valence-electron chi connectivity index (χ3n) is 3.80. The Bertz CT molecular complexity index is 909. The van der Waals surface area contributed by atoms with Gasteiger partial charge in [-0.2, -0.15) is 4.31 Å². The van der Waals surface area contributed by atoms with Crippen molar-refractivity contribution in [3.63, 3.8) is 0 Å². The Morgan fingerprint density at radius 2 is 1.92 bits per heavy atom. The summed E-state index contributed by atoms with van der Waals surface area (Å²) in [5.74, 6) is -2.42. The molecule has 140 valence electrons.